The average molecular weight is 304 g/mol. The molecule has 1 aromatic carbocycles. The molecule has 0 bridgehead atoms. The van der Waals surface area contributed by atoms with Gasteiger partial charge in [0.15, 0.2) is 5.78 Å². The van der Waals surface area contributed by atoms with Crippen LogP contribution in [0.1, 0.15) is 16.7 Å². The zero-order valence-electron chi connectivity index (χ0n) is 13.2. The van der Waals surface area contributed by atoms with Crippen molar-refractivity contribution < 1.29 is 4.79 Å². The highest BCUT2D eigenvalue weighted by Crippen LogP contribution is 2.28. The lowest BCUT2D eigenvalue weighted by Crippen LogP contribution is -2.17. The van der Waals surface area contributed by atoms with Gasteiger partial charge < -0.3 is 0 Å². The van der Waals surface area contributed by atoms with Crippen LogP contribution in [-0.2, 0) is 11.3 Å². The van der Waals surface area contributed by atoms with Gasteiger partial charge in [0.05, 0.1) is 12.5 Å². The number of carbonyl (C=O) groups is 1. The molecule has 1 aliphatic carbocycles. The maximum absolute atomic E-state index is 12.8. The zero-order chi connectivity index (χ0) is 16.2. The predicted molar refractivity (Wildman–Crippen MR) is 89.4 cm³/mol. The third kappa shape index (κ3) is 3.76. The lowest BCUT2D eigenvalue weighted by Gasteiger charge is -2.12. The van der Waals surface area contributed by atoms with Crippen LogP contribution in [0.3, 0.4) is 0 Å². The second-order valence-corrected chi connectivity index (χ2v) is 5.61. The summed E-state index contributed by atoms with van der Waals surface area (Å²) in [5.41, 5.74) is 4.15. The number of hydrogen-bond acceptors (Lipinski definition) is 3. The molecular weight excluding hydrogens is 286 g/mol. The molecule has 4 nitrogen and oxygen atoms in total. The smallest absolute Gasteiger partial charge is 0.168 e. The average Bonchev–Trinajstić information content (AvgIpc) is 3.23. The summed E-state index contributed by atoms with van der Waals surface area (Å²) >= 11 is 0. The number of benzene rings is 1. The fourth-order valence-electron chi connectivity index (χ4n) is 2.44. The first-order valence-electron chi connectivity index (χ1n) is 7.50. The van der Waals surface area contributed by atoms with Gasteiger partial charge in [-0.1, -0.05) is 18.2 Å². The van der Waals surface area contributed by atoms with E-state index in [0.717, 1.165) is 5.56 Å². The lowest BCUT2D eigenvalue weighted by molar-refractivity contribution is -0.113. The van der Waals surface area contributed by atoms with E-state index in [1.165, 1.54) is 17.5 Å². The topological polar surface area (TPSA) is 47.8 Å². The maximum atomic E-state index is 12.8. The van der Waals surface area contributed by atoms with Crippen LogP contribution in [0.5, 0.6) is 0 Å². The van der Waals surface area contributed by atoms with Crippen LogP contribution in [0.15, 0.2) is 36.4 Å². The largest absolute Gasteiger partial charge is 0.294 e. The fraction of sp³-hybridized carbons (Fsp3) is 0.158. The predicted octanol–water partition coefficient (Wildman–Crippen LogP) is 2.95. The van der Waals surface area contributed by atoms with Crippen molar-refractivity contribution in [3.05, 3.63) is 84.7 Å². The first-order valence-corrected chi connectivity index (χ1v) is 7.50. The molecule has 1 saturated carbocycles. The van der Waals surface area contributed by atoms with Gasteiger partial charge in [0.2, 0.25) is 0 Å². The second-order valence-electron chi connectivity index (χ2n) is 5.61. The van der Waals surface area contributed by atoms with E-state index >= 15 is 0 Å². The first kappa shape index (κ1) is 15.7. The Balaban J connectivity index is 1.90. The van der Waals surface area contributed by atoms with Gasteiger partial charge >= 0.3 is 0 Å². The van der Waals surface area contributed by atoms with Crippen molar-refractivity contribution in [1.82, 2.24) is 14.8 Å². The van der Waals surface area contributed by atoms with Gasteiger partial charge in [-0.15, -0.1) is 0 Å². The molecule has 0 spiro atoms. The Morgan fingerprint density at radius 2 is 1.96 bits per heavy atom. The number of hydrogen-bond donors (Lipinski definition) is 0. The molecule has 23 heavy (non-hydrogen) atoms. The molecule has 0 N–H and O–H groups in total. The van der Waals surface area contributed by atoms with Gasteiger partial charge in [-0.25, -0.2) is 9.67 Å². The SMILES string of the molecule is Cc1ccc(/C=C(\Cn2cncn2)C(=O)[C]2[CH][CH][CH][CH]2)cc1C. The summed E-state index contributed by atoms with van der Waals surface area (Å²) in [7, 11) is 0. The normalized spacial score (nSPS) is 16.0. The highest BCUT2D eigenvalue weighted by molar-refractivity contribution is 6.11. The van der Waals surface area contributed by atoms with Crippen LogP contribution < -0.4 is 0 Å². The Bertz CT molecular complexity index is 710. The molecule has 1 aromatic heterocycles. The number of Topliss-reactive ketones (excluding diaryl/α,β-unsaturated/α-hetero) is 1. The van der Waals surface area contributed by atoms with Crippen LogP contribution in [0.4, 0.5) is 0 Å². The minimum absolute atomic E-state index is 0.0173. The first-order chi connectivity index (χ1) is 11.1. The number of allylic oxidation sites excluding steroid dienone is 1. The molecule has 1 fully saturated rings. The highest BCUT2D eigenvalue weighted by atomic mass is 16.1. The quantitative estimate of drug-likeness (QED) is 0.798. The molecule has 0 atom stereocenters. The van der Waals surface area contributed by atoms with E-state index in [1.54, 1.807) is 11.0 Å². The molecule has 0 amide bonds. The van der Waals surface area contributed by atoms with E-state index in [0.29, 0.717) is 18.0 Å². The van der Waals surface area contributed by atoms with Crippen LogP contribution >= 0.6 is 0 Å². The van der Waals surface area contributed by atoms with E-state index in [9.17, 15) is 4.79 Å². The van der Waals surface area contributed by atoms with Crippen LogP contribution in [-0.4, -0.2) is 20.5 Å². The van der Waals surface area contributed by atoms with Crippen molar-refractivity contribution in [2.75, 3.05) is 0 Å². The van der Waals surface area contributed by atoms with Crippen molar-refractivity contribution in [1.29, 1.82) is 0 Å². The van der Waals surface area contributed by atoms with E-state index < -0.39 is 0 Å². The summed E-state index contributed by atoms with van der Waals surface area (Å²) in [6, 6.07) is 6.19. The summed E-state index contributed by atoms with van der Waals surface area (Å²) in [4.78, 5) is 16.7. The van der Waals surface area contributed by atoms with Crippen LogP contribution in [0, 0.1) is 45.4 Å². The molecular formula is C19H18N3O. The monoisotopic (exact) mass is 304 g/mol. The number of aryl methyl sites for hydroxylation is 2. The van der Waals surface area contributed by atoms with E-state index in [1.807, 2.05) is 37.8 Å². The number of carbonyl (C=O) groups excluding carboxylic acids is 1. The standard InChI is InChI=1S/C19H18N3O/c1-14-7-8-16(9-15(14)2)10-18(11-22-13-20-12-21-22)19(23)17-5-3-4-6-17/h3-10,12-13H,11H2,1-2H3/b18-10+. The minimum atomic E-state index is 0.0173. The summed E-state index contributed by atoms with van der Waals surface area (Å²) < 4.78 is 1.66. The molecule has 1 heterocycles. The molecule has 115 valence electrons. The summed E-state index contributed by atoms with van der Waals surface area (Å²) in [5.74, 6) is 0.712. The third-order valence-electron chi connectivity index (χ3n) is 3.89. The molecule has 5 radical (unpaired) electrons. The zero-order valence-corrected chi connectivity index (χ0v) is 13.2. The molecule has 0 unspecified atom stereocenters. The Hall–Kier alpha value is -2.23. The van der Waals surface area contributed by atoms with Gasteiger partial charge in [0, 0.05) is 5.57 Å². The molecule has 0 saturated heterocycles. The van der Waals surface area contributed by atoms with Crippen molar-refractivity contribution >= 4 is 11.9 Å². The Morgan fingerprint density at radius 3 is 2.61 bits per heavy atom. The third-order valence-corrected chi connectivity index (χ3v) is 3.89. The molecule has 2 aromatic rings. The van der Waals surface area contributed by atoms with E-state index in [4.69, 9.17) is 0 Å². The van der Waals surface area contributed by atoms with Crippen molar-refractivity contribution in [2.24, 2.45) is 0 Å². The summed E-state index contributed by atoms with van der Waals surface area (Å²) in [6.07, 6.45) is 12.4. The summed E-state index contributed by atoms with van der Waals surface area (Å²) in [5, 5.41) is 4.11. The van der Waals surface area contributed by atoms with Gasteiger partial charge in [-0.2, -0.15) is 5.10 Å². The molecule has 4 heteroatoms. The maximum Gasteiger partial charge on any atom is 0.168 e. The van der Waals surface area contributed by atoms with Gasteiger partial charge in [-0.3, -0.25) is 4.79 Å². The van der Waals surface area contributed by atoms with Crippen molar-refractivity contribution in [3.63, 3.8) is 0 Å². The van der Waals surface area contributed by atoms with Crippen LogP contribution in [0.25, 0.3) is 6.08 Å². The van der Waals surface area contributed by atoms with Gasteiger partial charge in [-0.05, 0) is 62.3 Å². The number of rotatable bonds is 5. The highest BCUT2D eigenvalue weighted by Gasteiger charge is 2.27. The lowest BCUT2D eigenvalue weighted by atomic mass is 9.94. The Labute approximate surface area is 137 Å². The fourth-order valence-corrected chi connectivity index (χ4v) is 2.44. The van der Waals surface area contributed by atoms with Crippen molar-refractivity contribution in [2.45, 2.75) is 20.4 Å². The molecule has 0 aliphatic heterocycles. The van der Waals surface area contributed by atoms with E-state index in [2.05, 4.69) is 36.1 Å². The van der Waals surface area contributed by atoms with E-state index in [-0.39, 0.29) is 5.78 Å². The number of nitrogens with zero attached hydrogens (tertiary/aromatic N) is 3. The van der Waals surface area contributed by atoms with Gasteiger partial charge in [0.25, 0.3) is 0 Å². The molecule has 1 aliphatic rings. The second kappa shape index (κ2) is 6.90. The van der Waals surface area contributed by atoms with Crippen LogP contribution in [0.2, 0.25) is 0 Å². The summed E-state index contributed by atoms with van der Waals surface area (Å²) in [6.45, 7) is 4.55. The van der Waals surface area contributed by atoms with Crippen molar-refractivity contribution in [3.8, 4) is 0 Å². The molecule has 3 rings (SSSR count). The number of aromatic nitrogens is 3. The van der Waals surface area contributed by atoms with Gasteiger partial charge in [0.1, 0.15) is 12.7 Å². The number of ketones is 1. The minimum Gasteiger partial charge on any atom is -0.294 e. The Morgan fingerprint density at radius 1 is 1.17 bits per heavy atom. The Kier molecular flexibility index (Phi) is 4.70.